The number of pyridine rings is 2. The van der Waals surface area contributed by atoms with Crippen LogP contribution < -0.4 is 16.4 Å². The van der Waals surface area contributed by atoms with Gasteiger partial charge in [-0.3, -0.25) is 20.1 Å². The Balaban J connectivity index is 1.60. The number of hydrogen-bond donors (Lipinski definition) is 3. The van der Waals surface area contributed by atoms with Crippen LogP contribution >= 0.6 is 0 Å². The van der Waals surface area contributed by atoms with Gasteiger partial charge in [0.2, 0.25) is 0 Å². The molecule has 2 heterocycles. The summed E-state index contributed by atoms with van der Waals surface area (Å²) in [6, 6.07) is 5.42. The summed E-state index contributed by atoms with van der Waals surface area (Å²) in [4.78, 5) is 36.3. The van der Waals surface area contributed by atoms with E-state index in [4.69, 9.17) is 10.5 Å². The molecule has 9 nitrogen and oxygen atoms in total. The van der Waals surface area contributed by atoms with E-state index in [1.54, 1.807) is 18.5 Å². The minimum absolute atomic E-state index is 0.238. The van der Waals surface area contributed by atoms with Gasteiger partial charge in [0.1, 0.15) is 5.82 Å². The summed E-state index contributed by atoms with van der Waals surface area (Å²) in [6.07, 6.45) is 10.8. The number of rotatable bonds is 9. The zero-order chi connectivity index (χ0) is 22.8. The first-order valence-electron chi connectivity index (χ1n) is 10.9. The number of amides is 2. The van der Waals surface area contributed by atoms with Gasteiger partial charge in [-0.05, 0) is 43.9 Å². The molecular formula is C23H30N6O3. The van der Waals surface area contributed by atoms with Gasteiger partial charge >= 0.3 is 12.0 Å². The van der Waals surface area contributed by atoms with Gasteiger partial charge in [-0.25, -0.2) is 9.78 Å². The number of carbonyl (C=O) groups excluding carboxylic acids is 2. The predicted molar refractivity (Wildman–Crippen MR) is 125 cm³/mol. The number of unbranched alkanes of at least 4 members (excludes halogenated alkanes) is 1. The fraction of sp³-hybridized carbons (Fsp3) is 0.435. The number of urea groups is 1. The number of esters is 1. The van der Waals surface area contributed by atoms with Crippen molar-refractivity contribution in [2.24, 2.45) is 10.7 Å². The topological polar surface area (TPSA) is 132 Å². The van der Waals surface area contributed by atoms with Gasteiger partial charge in [0.25, 0.3) is 0 Å². The third-order valence-electron chi connectivity index (χ3n) is 5.20. The molecule has 0 atom stereocenters. The highest BCUT2D eigenvalue weighted by Gasteiger charge is 2.17. The Labute approximate surface area is 187 Å². The van der Waals surface area contributed by atoms with Crippen LogP contribution in [0.1, 0.15) is 51.0 Å². The second-order valence-electron chi connectivity index (χ2n) is 7.74. The van der Waals surface area contributed by atoms with Crippen LogP contribution in [-0.2, 0) is 9.53 Å². The van der Waals surface area contributed by atoms with Crippen molar-refractivity contribution >= 4 is 40.6 Å². The van der Waals surface area contributed by atoms with Crippen LogP contribution in [0.15, 0.2) is 35.6 Å². The fourth-order valence-electron chi connectivity index (χ4n) is 3.54. The maximum absolute atomic E-state index is 12.2. The summed E-state index contributed by atoms with van der Waals surface area (Å²) in [6.45, 7) is 2.40. The molecule has 2 aromatic rings. The number of allylic oxidation sites excluding steroid dienone is 1. The summed E-state index contributed by atoms with van der Waals surface area (Å²) in [5.74, 6) is 0.193. The molecule has 0 unspecified atom stereocenters. The molecule has 1 fully saturated rings. The molecule has 0 spiro atoms. The third kappa shape index (κ3) is 7.04. The summed E-state index contributed by atoms with van der Waals surface area (Å²) >= 11 is 0. The highest BCUT2D eigenvalue weighted by atomic mass is 16.5. The van der Waals surface area contributed by atoms with Crippen molar-refractivity contribution in [2.75, 3.05) is 18.5 Å². The van der Waals surface area contributed by atoms with Gasteiger partial charge in [0.05, 0.1) is 17.6 Å². The smallest absolute Gasteiger partial charge is 0.320 e. The fourth-order valence-corrected chi connectivity index (χ4v) is 3.54. The number of anilines is 1. The highest BCUT2D eigenvalue weighted by molar-refractivity contribution is 6.10. The molecule has 2 amide bonds. The lowest BCUT2D eigenvalue weighted by molar-refractivity contribution is -0.141. The maximum atomic E-state index is 12.2. The van der Waals surface area contributed by atoms with Crippen LogP contribution in [0.25, 0.3) is 16.6 Å². The molecule has 1 aliphatic rings. The lowest BCUT2D eigenvalue weighted by atomic mass is 10.1. The van der Waals surface area contributed by atoms with Gasteiger partial charge in [-0.15, -0.1) is 0 Å². The second kappa shape index (κ2) is 11.8. The Bertz CT molecular complexity index is 998. The second-order valence-corrected chi connectivity index (χ2v) is 7.74. The number of aliphatic imine (C=N–C) groups is 1. The van der Waals surface area contributed by atoms with E-state index in [1.807, 2.05) is 12.1 Å². The number of fused-ring (bicyclic) bond motifs is 1. The Morgan fingerprint density at radius 2 is 2.06 bits per heavy atom. The Morgan fingerprint density at radius 1 is 1.25 bits per heavy atom. The van der Waals surface area contributed by atoms with Crippen molar-refractivity contribution in [3.05, 3.63) is 36.2 Å². The average molecular weight is 439 g/mol. The van der Waals surface area contributed by atoms with E-state index in [0.29, 0.717) is 30.0 Å². The lowest BCUT2D eigenvalue weighted by Crippen LogP contribution is -2.36. The van der Waals surface area contributed by atoms with E-state index >= 15 is 0 Å². The van der Waals surface area contributed by atoms with Crippen LogP contribution in [0.5, 0.6) is 0 Å². The van der Waals surface area contributed by atoms with E-state index < -0.39 is 0 Å². The molecule has 1 saturated carbocycles. The van der Waals surface area contributed by atoms with Crippen molar-refractivity contribution in [2.45, 2.75) is 51.5 Å². The van der Waals surface area contributed by atoms with Gasteiger partial charge < -0.3 is 15.8 Å². The predicted octanol–water partition coefficient (Wildman–Crippen LogP) is 3.41. The molecule has 0 bridgehead atoms. The average Bonchev–Trinajstić information content (AvgIpc) is 3.28. The minimum atomic E-state index is -0.271. The van der Waals surface area contributed by atoms with Crippen LogP contribution in [0, 0.1) is 0 Å². The van der Waals surface area contributed by atoms with Crippen molar-refractivity contribution in [3.8, 4) is 0 Å². The molecule has 32 heavy (non-hydrogen) atoms. The summed E-state index contributed by atoms with van der Waals surface area (Å²) in [5, 5.41) is 5.79. The number of carbonyl (C=O) groups is 2. The SMILES string of the molecule is CC(=O)OCCCCN=CC(=CN)c1cnc2ccc(NC(=O)NC3CCCC3)nc2c1. The molecule has 4 N–H and O–H groups in total. The molecule has 1 aliphatic carbocycles. The molecule has 0 radical (unpaired) electrons. The number of aromatic nitrogens is 2. The summed E-state index contributed by atoms with van der Waals surface area (Å²) in [5.41, 5.74) is 8.66. The standard InChI is InChI=1S/C23H30N6O3/c1-16(30)32-11-5-4-10-25-14-18(13-24)17-12-21-20(26-15-17)8-9-22(28-21)29-23(31)27-19-6-2-3-7-19/h8-9,12-15,19H,2-7,10-11,24H2,1H3,(H2,27,28,29,31). The van der Waals surface area contributed by atoms with Crippen LogP contribution in [-0.4, -0.2) is 47.4 Å². The normalized spacial score (nSPS) is 14.7. The maximum Gasteiger partial charge on any atom is 0.320 e. The first kappa shape index (κ1) is 23.2. The zero-order valence-corrected chi connectivity index (χ0v) is 18.3. The number of nitrogens with two attached hydrogens (primary N) is 1. The first-order chi connectivity index (χ1) is 15.5. The third-order valence-corrected chi connectivity index (χ3v) is 5.20. The molecule has 2 aromatic heterocycles. The van der Waals surface area contributed by atoms with E-state index in [0.717, 1.165) is 49.7 Å². The van der Waals surface area contributed by atoms with Gasteiger partial charge in [-0.2, -0.15) is 0 Å². The van der Waals surface area contributed by atoms with Gasteiger partial charge in [-0.1, -0.05) is 12.8 Å². The van der Waals surface area contributed by atoms with Crippen LogP contribution in [0.3, 0.4) is 0 Å². The molecule has 3 rings (SSSR count). The Morgan fingerprint density at radius 3 is 2.81 bits per heavy atom. The molecule has 0 saturated heterocycles. The quantitative estimate of drug-likeness (QED) is 0.312. The van der Waals surface area contributed by atoms with E-state index in [2.05, 4.69) is 25.6 Å². The highest BCUT2D eigenvalue weighted by Crippen LogP contribution is 2.20. The van der Waals surface area contributed by atoms with Crippen molar-refractivity contribution in [1.82, 2.24) is 15.3 Å². The largest absolute Gasteiger partial charge is 0.466 e. The van der Waals surface area contributed by atoms with Crippen LogP contribution in [0.4, 0.5) is 10.6 Å². The number of nitrogens with zero attached hydrogens (tertiary/aromatic N) is 3. The van der Waals surface area contributed by atoms with Gasteiger partial charge in [0.15, 0.2) is 0 Å². The van der Waals surface area contributed by atoms with E-state index in [1.165, 1.54) is 13.1 Å². The van der Waals surface area contributed by atoms with E-state index in [-0.39, 0.29) is 18.0 Å². The summed E-state index contributed by atoms with van der Waals surface area (Å²) in [7, 11) is 0. The number of nitrogens with one attached hydrogen (secondary N) is 2. The number of hydrogen-bond acceptors (Lipinski definition) is 7. The van der Waals surface area contributed by atoms with Gasteiger partial charge in [0, 0.05) is 49.3 Å². The number of ether oxygens (including phenoxy) is 1. The zero-order valence-electron chi connectivity index (χ0n) is 18.3. The molecule has 170 valence electrons. The monoisotopic (exact) mass is 438 g/mol. The van der Waals surface area contributed by atoms with Crippen LogP contribution in [0.2, 0.25) is 0 Å². The van der Waals surface area contributed by atoms with Crippen molar-refractivity contribution < 1.29 is 14.3 Å². The Kier molecular flexibility index (Phi) is 8.53. The minimum Gasteiger partial charge on any atom is -0.466 e. The van der Waals surface area contributed by atoms with E-state index in [9.17, 15) is 9.59 Å². The Hall–Kier alpha value is -3.49. The van der Waals surface area contributed by atoms with Crippen molar-refractivity contribution in [3.63, 3.8) is 0 Å². The molecular weight excluding hydrogens is 408 g/mol. The molecule has 0 aliphatic heterocycles. The van der Waals surface area contributed by atoms with Crippen molar-refractivity contribution in [1.29, 1.82) is 0 Å². The summed E-state index contributed by atoms with van der Waals surface area (Å²) < 4.78 is 4.90. The molecule has 0 aromatic carbocycles. The molecule has 9 heteroatoms. The first-order valence-corrected chi connectivity index (χ1v) is 10.9. The lowest BCUT2D eigenvalue weighted by Gasteiger charge is -2.12.